The lowest BCUT2D eigenvalue weighted by Gasteiger charge is -2.49. The highest BCUT2D eigenvalue weighted by molar-refractivity contribution is 7.19. The van der Waals surface area contributed by atoms with Gasteiger partial charge in [-0.25, -0.2) is 0 Å². The fraction of sp³-hybridized carbons (Fsp3) is 0.600. The van der Waals surface area contributed by atoms with Gasteiger partial charge in [0.15, 0.2) is 0 Å². The second-order valence-corrected chi connectivity index (χ2v) is 8.72. The molecule has 0 amide bonds. The monoisotopic (exact) mass is 362 g/mol. The first-order chi connectivity index (χ1) is 11.8. The highest BCUT2D eigenvalue weighted by Gasteiger charge is 2.41. The maximum atomic E-state index is 5.93. The Balaban J connectivity index is 1.63. The van der Waals surface area contributed by atoms with Crippen LogP contribution in [0.5, 0.6) is 0 Å². The van der Waals surface area contributed by atoms with Crippen LogP contribution in [0.2, 0.25) is 0 Å². The van der Waals surface area contributed by atoms with Crippen molar-refractivity contribution in [2.75, 3.05) is 38.6 Å². The summed E-state index contributed by atoms with van der Waals surface area (Å²) in [5.74, 6) is 0.751. The van der Waals surface area contributed by atoms with Crippen molar-refractivity contribution in [2.45, 2.75) is 37.6 Å². The number of halogens is 1. The van der Waals surface area contributed by atoms with Gasteiger partial charge in [-0.2, -0.15) is 0 Å². The molecule has 24 heavy (non-hydrogen) atoms. The lowest BCUT2D eigenvalue weighted by molar-refractivity contribution is 0.00802. The Morgan fingerprint density at radius 3 is 2.46 bits per heavy atom. The Kier molecular flexibility index (Phi) is 5.14. The van der Waals surface area contributed by atoms with E-state index < -0.39 is 0 Å². The molecule has 0 spiro atoms. The molecule has 2 aliphatic rings. The van der Waals surface area contributed by atoms with Crippen LogP contribution in [0.4, 0.5) is 0 Å². The molecule has 0 N–H and O–H groups in total. The Hall–Kier alpha value is -0.610. The second kappa shape index (κ2) is 7.33. The summed E-state index contributed by atoms with van der Waals surface area (Å²) in [4.78, 5) is 6.93. The van der Waals surface area contributed by atoms with Crippen molar-refractivity contribution in [3.8, 4) is 0 Å². The predicted molar refractivity (Wildman–Crippen MR) is 105 cm³/mol. The van der Waals surface area contributed by atoms with Crippen molar-refractivity contribution >= 4 is 33.0 Å². The maximum Gasteiger partial charge on any atom is 0.0555 e. The lowest BCUT2D eigenvalue weighted by atomic mass is 9.78. The maximum absolute atomic E-state index is 5.93. The van der Waals surface area contributed by atoms with Crippen LogP contribution in [-0.2, 0) is 5.54 Å². The minimum absolute atomic E-state index is 0.287. The van der Waals surface area contributed by atoms with E-state index in [1.807, 2.05) is 11.3 Å². The summed E-state index contributed by atoms with van der Waals surface area (Å²) in [6, 6.07) is 11.4. The van der Waals surface area contributed by atoms with Crippen LogP contribution >= 0.6 is 22.9 Å². The van der Waals surface area contributed by atoms with Crippen molar-refractivity contribution in [1.82, 2.24) is 9.80 Å². The minimum atomic E-state index is 0.287. The quantitative estimate of drug-likeness (QED) is 0.712. The molecule has 1 saturated carbocycles. The molecular formula is C20H27ClN2S. The summed E-state index contributed by atoms with van der Waals surface area (Å²) in [6.45, 7) is 5.74. The molecule has 1 saturated heterocycles. The van der Waals surface area contributed by atoms with E-state index in [0.29, 0.717) is 0 Å². The largest absolute Gasteiger partial charge is 0.300 e. The third-order valence-corrected chi connectivity index (χ3v) is 7.42. The zero-order valence-electron chi connectivity index (χ0n) is 14.3. The number of hydrogen-bond donors (Lipinski definition) is 0. The van der Waals surface area contributed by atoms with E-state index in [0.717, 1.165) is 12.4 Å². The number of hydrogen-bond acceptors (Lipinski definition) is 3. The van der Waals surface area contributed by atoms with Crippen LogP contribution in [0.3, 0.4) is 0 Å². The summed E-state index contributed by atoms with van der Waals surface area (Å²) < 4.78 is 1.44. The van der Waals surface area contributed by atoms with Crippen LogP contribution < -0.4 is 0 Å². The van der Waals surface area contributed by atoms with E-state index in [2.05, 4.69) is 40.1 Å². The molecule has 1 aliphatic carbocycles. The number of rotatable bonds is 4. The number of thiophene rings is 1. The van der Waals surface area contributed by atoms with E-state index in [4.69, 9.17) is 11.6 Å². The molecule has 2 aromatic rings. The van der Waals surface area contributed by atoms with Gasteiger partial charge in [0.1, 0.15) is 0 Å². The second-order valence-electron chi connectivity index (χ2n) is 7.26. The fourth-order valence-corrected chi connectivity index (χ4v) is 6.16. The molecule has 4 rings (SSSR count). The summed E-state index contributed by atoms with van der Waals surface area (Å²) in [5, 5.41) is 1.42. The fourth-order valence-electron chi connectivity index (χ4n) is 4.59. The number of benzene rings is 1. The molecule has 0 bridgehead atoms. The van der Waals surface area contributed by atoms with Gasteiger partial charge in [-0.05, 0) is 30.4 Å². The molecule has 2 fully saturated rings. The average Bonchev–Trinajstić information content (AvgIpc) is 3.08. The van der Waals surface area contributed by atoms with Crippen molar-refractivity contribution in [3.05, 3.63) is 35.2 Å². The average molecular weight is 363 g/mol. The normalized spacial score (nSPS) is 22.9. The van der Waals surface area contributed by atoms with Gasteiger partial charge in [-0.1, -0.05) is 37.5 Å². The van der Waals surface area contributed by atoms with Crippen LogP contribution in [0.1, 0.15) is 37.0 Å². The van der Waals surface area contributed by atoms with Gasteiger partial charge in [0.05, 0.1) is 5.54 Å². The molecular weight excluding hydrogens is 336 g/mol. The third-order valence-electron chi connectivity index (χ3n) is 5.94. The van der Waals surface area contributed by atoms with Gasteiger partial charge in [0.2, 0.25) is 0 Å². The van der Waals surface area contributed by atoms with E-state index in [1.165, 1.54) is 68.4 Å². The number of fused-ring (bicyclic) bond motifs is 1. The van der Waals surface area contributed by atoms with Crippen LogP contribution in [0.15, 0.2) is 30.3 Å². The van der Waals surface area contributed by atoms with Crippen molar-refractivity contribution in [1.29, 1.82) is 0 Å². The van der Waals surface area contributed by atoms with E-state index in [9.17, 15) is 0 Å². The van der Waals surface area contributed by atoms with Gasteiger partial charge in [0.25, 0.3) is 0 Å². The van der Waals surface area contributed by atoms with Crippen molar-refractivity contribution in [2.24, 2.45) is 0 Å². The molecule has 1 aromatic heterocycles. The van der Waals surface area contributed by atoms with Gasteiger partial charge in [0, 0.05) is 48.2 Å². The smallest absolute Gasteiger partial charge is 0.0555 e. The Morgan fingerprint density at radius 1 is 1.00 bits per heavy atom. The molecule has 2 nitrogen and oxygen atoms in total. The Morgan fingerprint density at radius 2 is 1.75 bits per heavy atom. The first-order valence-electron chi connectivity index (χ1n) is 9.34. The molecule has 0 radical (unpaired) electrons. The predicted octanol–water partition coefficient (Wildman–Crippen LogP) is 4.92. The number of piperazine rings is 1. The molecule has 0 atom stereocenters. The highest BCUT2D eigenvalue weighted by Crippen LogP contribution is 2.46. The molecule has 1 aromatic carbocycles. The zero-order chi connectivity index (χ0) is 16.4. The van der Waals surface area contributed by atoms with E-state index in [1.54, 1.807) is 4.88 Å². The summed E-state index contributed by atoms with van der Waals surface area (Å²) in [6.07, 6.45) is 6.80. The topological polar surface area (TPSA) is 6.48 Å². The standard InChI is InChI=1S/C20H27ClN2S/c21-10-11-22-12-14-23(15-13-22)20(8-4-1-5-9-20)19-16-17-6-2-3-7-18(17)24-19/h2-3,6-7,16H,1,4-5,8-15H2. The Labute approximate surface area is 154 Å². The van der Waals surface area contributed by atoms with Crippen LogP contribution in [-0.4, -0.2) is 48.4 Å². The van der Waals surface area contributed by atoms with E-state index in [-0.39, 0.29) is 5.54 Å². The van der Waals surface area contributed by atoms with Crippen LogP contribution in [0.25, 0.3) is 10.1 Å². The molecule has 4 heteroatoms. The summed E-state index contributed by atoms with van der Waals surface area (Å²) in [5.41, 5.74) is 0.287. The highest BCUT2D eigenvalue weighted by atomic mass is 35.5. The van der Waals surface area contributed by atoms with Gasteiger partial charge < -0.3 is 0 Å². The van der Waals surface area contributed by atoms with Crippen LogP contribution in [0, 0.1) is 0 Å². The number of alkyl halides is 1. The first kappa shape index (κ1) is 16.8. The summed E-state index contributed by atoms with van der Waals surface area (Å²) >= 11 is 7.97. The SMILES string of the molecule is ClCCN1CCN(C2(c3cc4ccccc4s3)CCCCC2)CC1. The van der Waals surface area contributed by atoms with Gasteiger partial charge in [-0.15, -0.1) is 22.9 Å². The molecule has 2 heterocycles. The lowest BCUT2D eigenvalue weighted by Crippen LogP contribution is -2.56. The van der Waals surface area contributed by atoms with E-state index >= 15 is 0 Å². The minimum Gasteiger partial charge on any atom is -0.300 e. The summed E-state index contributed by atoms with van der Waals surface area (Å²) in [7, 11) is 0. The Bertz CT molecular complexity index is 636. The number of nitrogens with zero attached hydrogens (tertiary/aromatic N) is 2. The molecule has 1 aliphatic heterocycles. The molecule has 0 unspecified atom stereocenters. The zero-order valence-corrected chi connectivity index (χ0v) is 15.9. The van der Waals surface area contributed by atoms with Gasteiger partial charge in [-0.3, -0.25) is 9.80 Å². The van der Waals surface area contributed by atoms with Crippen molar-refractivity contribution < 1.29 is 0 Å². The first-order valence-corrected chi connectivity index (χ1v) is 10.7. The van der Waals surface area contributed by atoms with Crippen molar-refractivity contribution in [3.63, 3.8) is 0 Å². The molecule has 130 valence electrons. The van der Waals surface area contributed by atoms with Gasteiger partial charge >= 0.3 is 0 Å². The third kappa shape index (κ3) is 3.12.